The lowest BCUT2D eigenvalue weighted by atomic mass is 10.1. The number of nitrogens with zero attached hydrogens (tertiary/aromatic N) is 3. The maximum Gasteiger partial charge on any atom is 0.133 e. The van der Waals surface area contributed by atoms with Crippen LogP contribution in [0, 0.1) is 6.92 Å². The van der Waals surface area contributed by atoms with Gasteiger partial charge in [0.05, 0.1) is 18.7 Å². The van der Waals surface area contributed by atoms with Gasteiger partial charge in [0.1, 0.15) is 11.5 Å². The van der Waals surface area contributed by atoms with Gasteiger partial charge in [0.15, 0.2) is 0 Å². The Labute approximate surface area is 164 Å². The summed E-state index contributed by atoms with van der Waals surface area (Å²) in [6.07, 6.45) is 1.74. The van der Waals surface area contributed by atoms with Crippen molar-refractivity contribution in [2.75, 3.05) is 13.1 Å². The van der Waals surface area contributed by atoms with Crippen LogP contribution in [-0.2, 0) is 6.54 Å². The summed E-state index contributed by atoms with van der Waals surface area (Å²) < 4.78 is 7.52. The van der Waals surface area contributed by atoms with Crippen molar-refractivity contribution in [2.24, 2.45) is 0 Å². The largest absolute Gasteiger partial charge is 0.390 e. The first-order chi connectivity index (χ1) is 13.7. The Morgan fingerprint density at radius 3 is 2.39 bits per heavy atom. The molecule has 2 atom stereocenters. The van der Waals surface area contributed by atoms with Crippen molar-refractivity contribution >= 4 is 21.8 Å². The molecule has 0 unspecified atom stereocenters. The molecule has 0 bridgehead atoms. The molecule has 2 aromatic heterocycles. The Bertz CT molecular complexity index is 1060. The van der Waals surface area contributed by atoms with Crippen LogP contribution in [0.4, 0.5) is 0 Å². The number of hydrogen-bond acceptors (Lipinski definition) is 4. The van der Waals surface area contributed by atoms with E-state index >= 15 is 0 Å². The fourth-order valence-corrected chi connectivity index (χ4v) is 4.66. The third kappa shape index (κ3) is 3.01. The van der Waals surface area contributed by atoms with Gasteiger partial charge >= 0.3 is 0 Å². The molecule has 1 aliphatic heterocycles. The normalized spacial score (nSPS) is 19.0. The molecular formula is C23H25N3O2. The first-order valence-electron chi connectivity index (χ1n) is 10.0. The predicted molar refractivity (Wildman–Crippen MR) is 110 cm³/mol. The Morgan fingerprint density at radius 2 is 1.75 bits per heavy atom. The number of para-hydroxylation sites is 2. The molecule has 1 N–H and O–H groups in total. The SMILES string of the molecule is Cc1cc([C@H]2CCCN2C[C@H](O)Cn2c3ccccc3c3ccccc32)no1. The number of benzene rings is 2. The van der Waals surface area contributed by atoms with E-state index in [1.807, 2.05) is 13.0 Å². The predicted octanol–water partition coefficient (Wildman–Crippen LogP) is 4.29. The minimum absolute atomic E-state index is 0.241. The first kappa shape index (κ1) is 17.5. The van der Waals surface area contributed by atoms with Crippen molar-refractivity contribution in [3.8, 4) is 0 Å². The van der Waals surface area contributed by atoms with Gasteiger partial charge < -0.3 is 14.2 Å². The van der Waals surface area contributed by atoms with Crippen LogP contribution in [0.25, 0.3) is 21.8 Å². The zero-order chi connectivity index (χ0) is 19.1. The van der Waals surface area contributed by atoms with Crippen LogP contribution in [0.2, 0.25) is 0 Å². The molecule has 0 saturated carbocycles. The van der Waals surface area contributed by atoms with Crippen molar-refractivity contribution in [1.82, 2.24) is 14.6 Å². The van der Waals surface area contributed by atoms with E-state index in [9.17, 15) is 5.11 Å². The zero-order valence-electron chi connectivity index (χ0n) is 16.1. The maximum atomic E-state index is 11.0. The molecule has 4 aromatic rings. The van der Waals surface area contributed by atoms with Gasteiger partial charge in [-0.3, -0.25) is 4.90 Å². The third-order valence-corrected chi connectivity index (χ3v) is 5.87. The van der Waals surface area contributed by atoms with Gasteiger partial charge in [0, 0.05) is 34.4 Å². The van der Waals surface area contributed by atoms with Gasteiger partial charge in [0.25, 0.3) is 0 Å². The Kier molecular flexibility index (Phi) is 4.41. The van der Waals surface area contributed by atoms with Crippen LogP contribution >= 0.6 is 0 Å². The van der Waals surface area contributed by atoms with Crippen LogP contribution in [0.3, 0.4) is 0 Å². The van der Waals surface area contributed by atoms with Crippen molar-refractivity contribution in [1.29, 1.82) is 0 Å². The monoisotopic (exact) mass is 375 g/mol. The highest BCUT2D eigenvalue weighted by atomic mass is 16.5. The van der Waals surface area contributed by atoms with Gasteiger partial charge in [0.2, 0.25) is 0 Å². The van der Waals surface area contributed by atoms with Crippen molar-refractivity contribution in [3.63, 3.8) is 0 Å². The second-order valence-corrected chi connectivity index (χ2v) is 7.81. The molecule has 0 amide bonds. The van der Waals surface area contributed by atoms with Crippen LogP contribution in [-0.4, -0.2) is 38.9 Å². The van der Waals surface area contributed by atoms with E-state index in [2.05, 4.69) is 63.2 Å². The summed E-state index contributed by atoms with van der Waals surface area (Å²) in [5.74, 6) is 0.840. The molecule has 5 heteroatoms. The molecule has 1 fully saturated rings. The average Bonchev–Trinajstić information content (AvgIpc) is 3.41. The quantitative estimate of drug-likeness (QED) is 0.565. The van der Waals surface area contributed by atoms with Crippen LogP contribution in [0.5, 0.6) is 0 Å². The van der Waals surface area contributed by atoms with E-state index < -0.39 is 6.10 Å². The van der Waals surface area contributed by atoms with Crippen molar-refractivity contribution in [2.45, 2.75) is 38.5 Å². The number of rotatable bonds is 5. The van der Waals surface area contributed by atoms with E-state index in [1.165, 1.54) is 21.8 Å². The van der Waals surface area contributed by atoms with E-state index in [0.29, 0.717) is 13.1 Å². The molecule has 1 saturated heterocycles. The molecule has 28 heavy (non-hydrogen) atoms. The smallest absolute Gasteiger partial charge is 0.133 e. The number of hydrogen-bond donors (Lipinski definition) is 1. The lowest BCUT2D eigenvalue weighted by Gasteiger charge is -2.26. The topological polar surface area (TPSA) is 54.4 Å². The molecule has 0 spiro atoms. The van der Waals surface area contributed by atoms with E-state index in [0.717, 1.165) is 30.8 Å². The molecule has 5 rings (SSSR count). The van der Waals surface area contributed by atoms with Crippen LogP contribution < -0.4 is 0 Å². The third-order valence-electron chi connectivity index (χ3n) is 5.87. The highest BCUT2D eigenvalue weighted by Gasteiger charge is 2.30. The van der Waals surface area contributed by atoms with Gasteiger partial charge in [-0.05, 0) is 38.4 Å². The molecule has 1 aliphatic rings. The highest BCUT2D eigenvalue weighted by molar-refractivity contribution is 6.07. The molecule has 144 valence electrons. The fraction of sp³-hybridized carbons (Fsp3) is 0.348. The fourth-order valence-electron chi connectivity index (χ4n) is 4.66. The van der Waals surface area contributed by atoms with Gasteiger partial charge in [-0.15, -0.1) is 0 Å². The zero-order valence-corrected chi connectivity index (χ0v) is 16.1. The first-order valence-corrected chi connectivity index (χ1v) is 10.0. The summed E-state index contributed by atoms with van der Waals surface area (Å²) in [4.78, 5) is 2.34. The number of likely N-dealkylation sites (tertiary alicyclic amines) is 1. The van der Waals surface area contributed by atoms with Gasteiger partial charge in [-0.1, -0.05) is 41.6 Å². The number of aryl methyl sites for hydroxylation is 1. The van der Waals surface area contributed by atoms with Crippen molar-refractivity contribution < 1.29 is 9.63 Å². The van der Waals surface area contributed by atoms with Crippen molar-refractivity contribution in [3.05, 3.63) is 66.1 Å². The molecule has 2 aromatic carbocycles. The molecule has 5 nitrogen and oxygen atoms in total. The van der Waals surface area contributed by atoms with Crippen LogP contribution in [0.1, 0.15) is 30.3 Å². The molecular weight excluding hydrogens is 350 g/mol. The van der Waals surface area contributed by atoms with Crippen LogP contribution in [0.15, 0.2) is 59.1 Å². The second kappa shape index (κ2) is 7.08. The van der Waals surface area contributed by atoms with Gasteiger partial charge in [-0.2, -0.15) is 0 Å². The van der Waals surface area contributed by atoms with E-state index in [4.69, 9.17) is 4.52 Å². The van der Waals surface area contributed by atoms with E-state index in [1.54, 1.807) is 0 Å². The summed E-state index contributed by atoms with van der Waals surface area (Å²) in [5.41, 5.74) is 3.33. The number of β-amino-alcohol motifs (C(OH)–C–C–N with tert-alkyl or cyclic N) is 1. The minimum atomic E-state index is -0.451. The average molecular weight is 375 g/mol. The molecule has 0 radical (unpaired) electrons. The maximum absolute atomic E-state index is 11.0. The number of aliphatic hydroxyl groups excluding tert-OH is 1. The summed E-state index contributed by atoms with van der Waals surface area (Å²) >= 11 is 0. The lowest BCUT2D eigenvalue weighted by Crippen LogP contribution is -2.34. The Balaban J connectivity index is 1.40. The number of fused-ring (bicyclic) bond motifs is 3. The summed E-state index contributed by atoms with van der Waals surface area (Å²) in [6, 6.07) is 19.1. The Morgan fingerprint density at radius 1 is 1.07 bits per heavy atom. The summed E-state index contributed by atoms with van der Waals surface area (Å²) in [7, 11) is 0. The van der Waals surface area contributed by atoms with E-state index in [-0.39, 0.29) is 6.04 Å². The second-order valence-electron chi connectivity index (χ2n) is 7.81. The molecule has 0 aliphatic carbocycles. The Hall–Kier alpha value is -2.63. The number of aliphatic hydroxyl groups is 1. The summed E-state index contributed by atoms with van der Waals surface area (Å²) in [6.45, 7) is 4.13. The summed E-state index contributed by atoms with van der Waals surface area (Å²) in [5, 5.41) is 17.6. The highest BCUT2D eigenvalue weighted by Crippen LogP contribution is 2.32. The number of aromatic nitrogens is 2. The minimum Gasteiger partial charge on any atom is -0.390 e. The lowest BCUT2D eigenvalue weighted by molar-refractivity contribution is 0.0922. The standard InChI is InChI=1S/C23H25N3O2/c1-16-13-20(24-28-16)23-11-6-12-25(23)14-17(27)15-26-21-9-4-2-7-18(21)19-8-3-5-10-22(19)26/h2-5,7-10,13,17,23,27H,6,11-12,14-15H2,1H3/t17-,23+/m0/s1. The van der Waals surface area contributed by atoms with Gasteiger partial charge in [-0.25, -0.2) is 0 Å². The molecule has 3 heterocycles.